The van der Waals surface area contributed by atoms with Crippen molar-refractivity contribution in [3.8, 4) is 0 Å². The molecule has 0 aliphatic carbocycles. The number of rotatable bonds is 4. The second-order valence-electron chi connectivity index (χ2n) is 4.35. The fraction of sp³-hybridized carbons (Fsp3) is 0.0667. The Kier molecular flexibility index (Phi) is 5.23. The molecule has 2 aromatic rings. The molecule has 0 unspecified atom stereocenters. The van der Waals surface area contributed by atoms with Gasteiger partial charge in [0.05, 0.1) is 10.6 Å². The third-order valence-electron chi connectivity index (χ3n) is 2.71. The zero-order chi connectivity index (χ0) is 17.0. The van der Waals surface area contributed by atoms with E-state index < -0.39 is 41.6 Å². The minimum atomic E-state index is -0.973. The number of benzene rings is 2. The van der Waals surface area contributed by atoms with Gasteiger partial charge in [-0.2, -0.15) is 0 Å². The molecule has 0 radical (unpaired) electrons. The smallest absolute Gasteiger partial charge is 0.340 e. The first-order valence-electron chi connectivity index (χ1n) is 6.24. The number of amides is 1. The Balaban J connectivity index is 1.98. The van der Waals surface area contributed by atoms with E-state index in [1.165, 1.54) is 0 Å². The van der Waals surface area contributed by atoms with Gasteiger partial charge in [-0.3, -0.25) is 4.79 Å². The van der Waals surface area contributed by atoms with Gasteiger partial charge in [-0.1, -0.05) is 17.7 Å². The minimum Gasteiger partial charge on any atom is -0.452 e. The van der Waals surface area contributed by atoms with Gasteiger partial charge in [0.1, 0.15) is 23.1 Å². The summed E-state index contributed by atoms with van der Waals surface area (Å²) in [6.45, 7) is -0.791. The molecule has 0 saturated carbocycles. The van der Waals surface area contributed by atoms with Crippen LogP contribution >= 0.6 is 11.6 Å². The van der Waals surface area contributed by atoms with Crippen LogP contribution in [-0.4, -0.2) is 18.5 Å². The van der Waals surface area contributed by atoms with E-state index in [0.717, 1.165) is 36.4 Å². The number of anilines is 1. The lowest BCUT2D eigenvalue weighted by molar-refractivity contribution is -0.119. The maximum absolute atomic E-state index is 13.3. The van der Waals surface area contributed by atoms with E-state index in [2.05, 4.69) is 4.74 Å². The molecule has 1 amide bonds. The maximum atomic E-state index is 13.3. The summed E-state index contributed by atoms with van der Waals surface area (Å²) >= 11 is 5.67. The molecule has 0 heterocycles. The highest BCUT2D eigenvalue weighted by Gasteiger charge is 2.16. The van der Waals surface area contributed by atoms with Crippen LogP contribution in [-0.2, 0) is 9.53 Å². The molecule has 0 spiro atoms. The third-order valence-corrected chi connectivity index (χ3v) is 3.03. The molecule has 0 atom stereocenters. The van der Waals surface area contributed by atoms with Crippen molar-refractivity contribution < 1.29 is 27.5 Å². The SMILES string of the molecule is O=C(COC(=O)c1ccc(F)cc1Cl)Nc1c(F)cccc1F. The van der Waals surface area contributed by atoms with Crippen molar-refractivity contribution in [2.45, 2.75) is 0 Å². The van der Waals surface area contributed by atoms with Crippen LogP contribution in [0.15, 0.2) is 36.4 Å². The van der Waals surface area contributed by atoms with E-state index in [9.17, 15) is 22.8 Å². The average Bonchev–Trinajstić information content (AvgIpc) is 2.49. The van der Waals surface area contributed by atoms with E-state index in [1.807, 2.05) is 5.32 Å². The fourth-order valence-corrected chi connectivity index (χ4v) is 1.90. The summed E-state index contributed by atoms with van der Waals surface area (Å²) in [5.74, 6) is -4.49. The molecule has 0 aliphatic rings. The number of carbonyl (C=O) groups is 2. The average molecular weight is 344 g/mol. The largest absolute Gasteiger partial charge is 0.452 e. The third kappa shape index (κ3) is 4.23. The van der Waals surface area contributed by atoms with Gasteiger partial charge in [-0.15, -0.1) is 0 Å². The highest BCUT2D eigenvalue weighted by Crippen LogP contribution is 2.19. The van der Waals surface area contributed by atoms with Crippen molar-refractivity contribution in [2.24, 2.45) is 0 Å². The molecule has 23 heavy (non-hydrogen) atoms. The molecular formula is C15H9ClF3NO3. The topological polar surface area (TPSA) is 55.4 Å². The summed E-state index contributed by atoms with van der Waals surface area (Å²) in [5.41, 5.74) is -0.786. The highest BCUT2D eigenvalue weighted by atomic mass is 35.5. The predicted octanol–water partition coefficient (Wildman–Crippen LogP) is 3.55. The molecule has 1 N–H and O–H groups in total. The van der Waals surface area contributed by atoms with Crippen LogP contribution < -0.4 is 5.32 Å². The van der Waals surface area contributed by atoms with Crippen LogP contribution in [0.4, 0.5) is 18.9 Å². The molecular weight excluding hydrogens is 335 g/mol. The van der Waals surface area contributed by atoms with Crippen molar-refractivity contribution in [3.63, 3.8) is 0 Å². The lowest BCUT2D eigenvalue weighted by Gasteiger charge is -2.09. The second-order valence-corrected chi connectivity index (χ2v) is 4.75. The van der Waals surface area contributed by atoms with E-state index in [-0.39, 0.29) is 10.6 Å². The molecule has 0 bridgehead atoms. The summed E-state index contributed by atoms with van der Waals surface area (Å²) in [7, 11) is 0. The monoisotopic (exact) mass is 343 g/mol. The number of ether oxygens (including phenoxy) is 1. The van der Waals surface area contributed by atoms with E-state index in [0.29, 0.717) is 0 Å². The van der Waals surface area contributed by atoms with Gasteiger partial charge in [0, 0.05) is 0 Å². The van der Waals surface area contributed by atoms with Crippen molar-refractivity contribution in [1.82, 2.24) is 0 Å². The molecule has 0 fully saturated rings. The molecule has 120 valence electrons. The number of hydrogen-bond donors (Lipinski definition) is 1. The molecule has 2 rings (SSSR count). The Labute approximate surface area is 133 Å². The van der Waals surface area contributed by atoms with Crippen LogP contribution in [0.2, 0.25) is 5.02 Å². The molecule has 2 aromatic carbocycles. The Bertz CT molecular complexity index is 747. The van der Waals surface area contributed by atoms with Crippen molar-refractivity contribution >= 4 is 29.2 Å². The van der Waals surface area contributed by atoms with Gasteiger partial charge in [0.15, 0.2) is 6.61 Å². The van der Waals surface area contributed by atoms with Crippen LogP contribution in [0.1, 0.15) is 10.4 Å². The van der Waals surface area contributed by atoms with Gasteiger partial charge < -0.3 is 10.1 Å². The molecule has 0 saturated heterocycles. The summed E-state index contributed by atoms with van der Waals surface area (Å²) in [4.78, 5) is 23.3. The lowest BCUT2D eigenvalue weighted by Crippen LogP contribution is -2.22. The van der Waals surface area contributed by atoms with Crippen molar-refractivity contribution in [3.05, 3.63) is 64.4 Å². The molecule has 8 heteroatoms. The van der Waals surface area contributed by atoms with Crippen molar-refractivity contribution in [1.29, 1.82) is 0 Å². The van der Waals surface area contributed by atoms with Gasteiger partial charge in [-0.05, 0) is 30.3 Å². The first-order valence-corrected chi connectivity index (χ1v) is 6.62. The van der Waals surface area contributed by atoms with Gasteiger partial charge in [0.25, 0.3) is 5.91 Å². The van der Waals surface area contributed by atoms with E-state index in [4.69, 9.17) is 11.6 Å². The number of nitrogens with one attached hydrogen (secondary N) is 1. The standard InChI is InChI=1S/C15H9ClF3NO3/c16-10-6-8(17)4-5-9(10)15(22)23-7-13(21)20-14-11(18)2-1-3-12(14)19/h1-6H,7H2,(H,20,21). The minimum absolute atomic E-state index is 0.141. The Hall–Kier alpha value is -2.54. The van der Waals surface area contributed by atoms with Crippen LogP contribution in [0.5, 0.6) is 0 Å². The highest BCUT2D eigenvalue weighted by molar-refractivity contribution is 6.33. The second kappa shape index (κ2) is 7.15. The number of hydrogen-bond acceptors (Lipinski definition) is 3. The first kappa shape index (κ1) is 16.8. The Morgan fingerprint density at radius 2 is 1.74 bits per heavy atom. The fourth-order valence-electron chi connectivity index (χ4n) is 1.66. The summed E-state index contributed by atoms with van der Waals surface area (Å²) in [6.07, 6.45) is 0. The Morgan fingerprint density at radius 3 is 2.35 bits per heavy atom. The molecule has 0 aromatic heterocycles. The zero-order valence-electron chi connectivity index (χ0n) is 11.4. The quantitative estimate of drug-likeness (QED) is 0.864. The van der Waals surface area contributed by atoms with Crippen LogP contribution in [0.25, 0.3) is 0 Å². The number of esters is 1. The first-order chi connectivity index (χ1) is 10.9. The van der Waals surface area contributed by atoms with Crippen molar-refractivity contribution in [2.75, 3.05) is 11.9 Å². The lowest BCUT2D eigenvalue weighted by atomic mass is 10.2. The summed E-state index contributed by atoms with van der Waals surface area (Å²) in [5, 5.41) is 1.77. The van der Waals surface area contributed by atoms with Crippen LogP contribution in [0, 0.1) is 17.5 Å². The maximum Gasteiger partial charge on any atom is 0.340 e. The van der Waals surface area contributed by atoms with Gasteiger partial charge in [0.2, 0.25) is 0 Å². The van der Waals surface area contributed by atoms with E-state index >= 15 is 0 Å². The summed E-state index contributed by atoms with van der Waals surface area (Å²) < 4.78 is 44.2. The van der Waals surface area contributed by atoms with Crippen LogP contribution in [0.3, 0.4) is 0 Å². The van der Waals surface area contributed by atoms with Gasteiger partial charge in [-0.25, -0.2) is 18.0 Å². The molecule has 0 aliphatic heterocycles. The van der Waals surface area contributed by atoms with Gasteiger partial charge >= 0.3 is 5.97 Å². The predicted molar refractivity (Wildman–Crippen MR) is 76.7 cm³/mol. The normalized spacial score (nSPS) is 10.3. The number of halogens is 4. The molecule has 4 nitrogen and oxygen atoms in total. The number of para-hydroxylation sites is 1. The van der Waals surface area contributed by atoms with E-state index in [1.54, 1.807) is 0 Å². The zero-order valence-corrected chi connectivity index (χ0v) is 12.2. The summed E-state index contributed by atoms with van der Waals surface area (Å²) in [6, 6.07) is 6.06. The number of carbonyl (C=O) groups excluding carboxylic acids is 2. The Morgan fingerprint density at radius 1 is 1.09 bits per heavy atom.